The van der Waals surface area contributed by atoms with Crippen molar-refractivity contribution in [1.29, 1.82) is 0 Å². The summed E-state index contributed by atoms with van der Waals surface area (Å²) in [7, 11) is 0. The van der Waals surface area contributed by atoms with Crippen LogP contribution in [0.25, 0.3) is 0 Å². The van der Waals surface area contributed by atoms with Crippen molar-refractivity contribution in [2.24, 2.45) is 0 Å². The zero-order valence-corrected chi connectivity index (χ0v) is 10.2. The van der Waals surface area contributed by atoms with Crippen LogP contribution in [0.2, 0.25) is 0 Å². The molecule has 94 valence electrons. The number of aromatic nitrogens is 2. The Hall–Kier alpha value is -1.89. The van der Waals surface area contributed by atoms with Gasteiger partial charge < -0.3 is 5.32 Å². The Morgan fingerprint density at radius 3 is 2.89 bits per heavy atom. The molecule has 0 fully saturated rings. The van der Waals surface area contributed by atoms with E-state index in [9.17, 15) is 13.6 Å². The molecule has 0 unspecified atom stereocenters. The van der Waals surface area contributed by atoms with Crippen LogP contribution in [0.1, 0.15) is 27.4 Å². The lowest BCUT2D eigenvalue weighted by molar-refractivity contribution is 0.101. The molecular weight excluding hydrogens is 260 g/mol. The summed E-state index contributed by atoms with van der Waals surface area (Å²) in [4.78, 5) is 11.6. The molecule has 0 saturated heterocycles. The minimum absolute atomic E-state index is 0.161. The van der Waals surface area contributed by atoms with E-state index >= 15 is 0 Å². The molecule has 1 aromatic heterocycles. The Bertz CT molecular complexity index is 571. The first-order chi connectivity index (χ1) is 8.58. The molecule has 0 atom stereocenters. The van der Waals surface area contributed by atoms with Gasteiger partial charge in [0.2, 0.25) is 0 Å². The summed E-state index contributed by atoms with van der Waals surface area (Å²) in [6.07, 6.45) is -2.80. The number of carbonyl (C=O) groups excluding carboxylic acids is 1. The number of rotatable bonds is 3. The molecule has 1 heterocycles. The predicted molar refractivity (Wildman–Crippen MR) is 64.0 cm³/mol. The fourth-order valence-corrected chi connectivity index (χ4v) is 1.98. The van der Waals surface area contributed by atoms with E-state index in [4.69, 9.17) is 0 Å². The summed E-state index contributed by atoms with van der Waals surface area (Å²) in [6, 6.07) is 7.06. The first-order valence-corrected chi connectivity index (χ1v) is 5.83. The molecule has 0 aliphatic rings. The standard InChI is InChI=1S/C11H9F2N3OS/c1-6-3-2-4-7(5-6)14-11(17)9-8(10(12)13)15-16-18-9/h2-5,10H,1H3,(H,14,17). The Balaban J connectivity index is 2.20. The van der Waals surface area contributed by atoms with Crippen molar-refractivity contribution in [2.45, 2.75) is 13.3 Å². The number of hydrogen-bond donors (Lipinski definition) is 1. The van der Waals surface area contributed by atoms with E-state index < -0.39 is 18.0 Å². The quantitative estimate of drug-likeness (QED) is 0.931. The molecule has 0 aliphatic carbocycles. The summed E-state index contributed by atoms with van der Waals surface area (Å²) in [5.41, 5.74) is 0.933. The number of alkyl halides is 2. The predicted octanol–water partition coefficient (Wildman–Crippen LogP) is 3.04. The van der Waals surface area contributed by atoms with Gasteiger partial charge in [0.25, 0.3) is 12.3 Å². The molecule has 1 amide bonds. The van der Waals surface area contributed by atoms with E-state index in [0.29, 0.717) is 17.2 Å². The van der Waals surface area contributed by atoms with E-state index in [1.54, 1.807) is 18.2 Å². The Labute approximate surface area is 106 Å². The van der Waals surface area contributed by atoms with E-state index in [2.05, 4.69) is 14.9 Å². The fourth-order valence-electron chi connectivity index (χ4n) is 1.41. The molecule has 0 radical (unpaired) electrons. The van der Waals surface area contributed by atoms with Gasteiger partial charge in [-0.15, -0.1) is 5.10 Å². The van der Waals surface area contributed by atoms with Gasteiger partial charge >= 0.3 is 0 Å². The van der Waals surface area contributed by atoms with Gasteiger partial charge in [0.05, 0.1) is 0 Å². The van der Waals surface area contributed by atoms with Crippen molar-refractivity contribution in [3.8, 4) is 0 Å². The highest BCUT2D eigenvalue weighted by atomic mass is 32.1. The van der Waals surface area contributed by atoms with Gasteiger partial charge in [0.1, 0.15) is 4.88 Å². The van der Waals surface area contributed by atoms with Gasteiger partial charge in [-0.1, -0.05) is 16.6 Å². The van der Waals surface area contributed by atoms with E-state index in [1.165, 1.54) is 0 Å². The van der Waals surface area contributed by atoms with E-state index in [0.717, 1.165) is 5.56 Å². The number of carbonyl (C=O) groups is 1. The lowest BCUT2D eigenvalue weighted by Gasteiger charge is -2.04. The molecule has 0 aliphatic heterocycles. The lowest BCUT2D eigenvalue weighted by Crippen LogP contribution is -2.12. The van der Waals surface area contributed by atoms with Crippen molar-refractivity contribution < 1.29 is 13.6 Å². The Morgan fingerprint density at radius 1 is 1.44 bits per heavy atom. The van der Waals surface area contributed by atoms with E-state index in [1.807, 2.05) is 13.0 Å². The lowest BCUT2D eigenvalue weighted by atomic mass is 10.2. The molecule has 0 saturated carbocycles. The third-order valence-electron chi connectivity index (χ3n) is 2.20. The van der Waals surface area contributed by atoms with Gasteiger partial charge in [-0.05, 0) is 36.2 Å². The monoisotopic (exact) mass is 269 g/mol. The van der Waals surface area contributed by atoms with Crippen LogP contribution in [0, 0.1) is 6.92 Å². The number of anilines is 1. The van der Waals surface area contributed by atoms with Gasteiger partial charge in [0, 0.05) is 5.69 Å². The fraction of sp³-hybridized carbons (Fsp3) is 0.182. The molecular formula is C11H9F2N3OS. The maximum Gasteiger partial charge on any atom is 0.283 e. The largest absolute Gasteiger partial charge is 0.321 e. The number of nitrogens with zero attached hydrogens (tertiary/aromatic N) is 2. The van der Waals surface area contributed by atoms with Crippen LogP contribution >= 0.6 is 11.5 Å². The zero-order chi connectivity index (χ0) is 13.1. The molecule has 2 aromatic rings. The Kier molecular flexibility index (Phi) is 3.61. The number of aryl methyl sites for hydroxylation is 1. The van der Waals surface area contributed by atoms with Crippen LogP contribution in [-0.2, 0) is 0 Å². The van der Waals surface area contributed by atoms with Crippen molar-refractivity contribution in [2.75, 3.05) is 5.32 Å². The van der Waals surface area contributed by atoms with Crippen molar-refractivity contribution in [1.82, 2.24) is 9.59 Å². The second kappa shape index (κ2) is 5.18. The Morgan fingerprint density at radius 2 is 2.22 bits per heavy atom. The maximum atomic E-state index is 12.5. The van der Waals surface area contributed by atoms with Gasteiger partial charge in [-0.2, -0.15) is 0 Å². The number of amides is 1. The number of hydrogen-bond acceptors (Lipinski definition) is 4. The molecule has 0 bridgehead atoms. The van der Waals surface area contributed by atoms with Crippen molar-refractivity contribution in [3.05, 3.63) is 40.4 Å². The molecule has 18 heavy (non-hydrogen) atoms. The number of benzene rings is 1. The van der Waals surface area contributed by atoms with Crippen molar-refractivity contribution in [3.63, 3.8) is 0 Å². The van der Waals surface area contributed by atoms with Gasteiger partial charge in [0.15, 0.2) is 5.69 Å². The van der Waals surface area contributed by atoms with Crippen LogP contribution in [0.15, 0.2) is 24.3 Å². The minimum Gasteiger partial charge on any atom is -0.321 e. The number of nitrogens with one attached hydrogen (secondary N) is 1. The van der Waals surface area contributed by atoms with Gasteiger partial charge in [-0.25, -0.2) is 8.78 Å². The summed E-state index contributed by atoms with van der Waals surface area (Å²) in [5.74, 6) is -0.620. The SMILES string of the molecule is Cc1cccc(NC(=O)c2snnc2C(F)F)c1. The molecule has 4 nitrogen and oxygen atoms in total. The second-order valence-corrected chi connectivity index (χ2v) is 4.37. The van der Waals surface area contributed by atoms with Crippen LogP contribution in [-0.4, -0.2) is 15.5 Å². The van der Waals surface area contributed by atoms with Gasteiger partial charge in [-0.3, -0.25) is 4.79 Å². The molecule has 0 spiro atoms. The highest BCUT2D eigenvalue weighted by Gasteiger charge is 2.23. The summed E-state index contributed by atoms with van der Waals surface area (Å²) in [5, 5.41) is 5.79. The second-order valence-electron chi connectivity index (χ2n) is 3.61. The van der Waals surface area contributed by atoms with Crippen LogP contribution in [0.3, 0.4) is 0 Å². The topological polar surface area (TPSA) is 54.9 Å². The van der Waals surface area contributed by atoms with Crippen LogP contribution in [0.4, 0.5) is 14.5 Å². The van der Waals surface area contributed by atoms with E-state index in [-0.39, 0.29) is 4.88 Å². The average Bonchev–Trinajstić information content (AvgIpc) is 2.77. The van der Waals surface area contributed by atoms with Crippen molar-refractivity contribution >= 4 is 23.1 Å². The number of halogens is 2. The summed E-state index contributed by atoms with van der Waals surface area (Å²) >= 11 is 0.656. The summed E-state index contributed by atoms with van der Waals surface area (Å²) < 4.78 is 28.5. The maximum absolute atomic E-state index is 12.5. The minimum atomic E-state index is -2.80. The summed E-state index contributed by atoms with van der Waals surface area (Å²) in [6.45, 7) is 1.87. The van der Waals surface area contributed by atoms with Crippen LogP contribution in [0.5, 0.6) is 0 Å². The normalized spacial score (nSPS) is 10.7. The highest BCUT2D eigenvalue weighted by molar-refractivity contribution is 7.08. The molecule has 1 N–H and O–H groups in total. The van der Waals surface area contributed by atoms with Crippen LogP contribution < -0.4 is 5.32 Å². The smallest absolute Gasteiger partial charge is 0.283 e. The first kappa shape index (κ1) is 12.6. The molecule has 7 heteroatoms. The third-order valence-corrected chi connectivity index (χ3v) is 2.94. The first-order valence-electron chi connectivity index (χ1n) is 5.06. The molecule has 2 rings (SSSR count). The molecule has 1 aromatic carbocycles. The third kappa shape index (κ3) is 2.67. The zero-order valence-electron chi connectivity index (χ0n) is 9.35. The average molecular weight is 269 g/mol. The highest BCUT2D eigenvalue weighted by Crippen LogP contribution is 2.23.